The molecule has 0 saturated carbocycles. The number of amidine groups is 1. The van der Waals surface area contributed by atoms with Gasteiger partial charge in [-0.05, 0) is 42.3 Å². The van der Waals surface area contributed by atoms with Gasteiger partial charge in [0.1, 0.15) is 5.75 Å². The van der Waals surface area contributed by atoms with Gasteiger partial charge < -0.3 is 10.1 Å². The van der Waals surface area contributed by atoms with Gasteiger partial charge in [-0.1, -0.05) is 52.0 Å². The lowest BCUT2D eigenvalue weighted by Crippen LogP contribution is -2.54. The van der Waals surface area contributed by atoms with Gasteiger partial charge in [0.25, 0.3) is 5.91 Å². The van der Waals surface area contributed by atoms with Crippen molar-refractivity contribution in [1.82, 2.24) is 20.7 Å². The Labute approximate surface area is 215 Å². The first-order chi connectivity index (χ1) is 16.9. The van der Waals surface area contributed by atoms with Crippen molar-refractivity contribution in [2.45, 2.75) is 25.7 Å². The van der Waals surface area contributed by atoms with Crippen LogP contribution in [-0.4, -0.2) is 51.8 Å². The molecule has 0 fully saturated rings. The van der Waals surface area contributed by atoms with Crippen molar-refractivity contribution in [1.29, 1.82) is 0 Å². The molecule has 2 amide bonds. The quantitative estimate of drug-likeness (QED) is 0.588. The van der Waals surface area contributed by atoms with Crippen LogP contribution in [-0.2, 0) is 9.59 Å². The molecule has 0 radical (unpaired) electrons. The minimum atomic E-state index is -0.439. The van der Waals surface area contributed by atoms with Gasteiger partial charge in [-0.3, -0.25) is 19.9 Å². The number of carbonyl (C=O) groups excluding carboxylic acids is 2. The maximum atomic E-state index is 13.4. The van der Waals surface area contributed by atoms with E-state index in [9.17, 15) is 9.59 Å². The zero-order valence-corrected chi connectivity index (χ0v) is 21.5. The number of nitrogens with zero attached hydrogens (tertiary/aromatic N) is 4. The molecule has 0 spiro atoms. The monoisotopic (exact) mass is 554 g/mol. The van der Waals surface area contributed by atoms with E-state index in [-0.39, 0.29) is 23.6 Å². The number of ether oxygens (including phenoxy) is 1. The molecule has 2 N–H and O–H groups in total. The Morgan fingerprint density at radius 3 is 2.66 bits per heavy atom. The SMILES string of the molecule is COc1ccc(C2CC(c3ccc(Br)cc3)=NN2C(=O)CSC2=NNC3NC(=O)C=C(C)N23)cc1. The minimum Gasteiger partial charge on any atom is -0.497 e. The van der Waals surface area contributed by atoms with Gasteiger partial charge in [-0.25, -0.2) is 5.01 Å². The van der Waals surface area contributed by atoms with Crippen molar-refractivity contribution >= 4 is 50.4 Å². The topological polar surface area (TPSA) is 98.6 Å². The molecule has 3 aliphatic rings. The van der Waals surface area contributed by atoms with Crippen LogP contribution in [0, 0.1) is 0 Å². The van der Waals surface area contributed by atoms with E-state index in [4.69, 9.17) is 9.84 Å². The molecule has 0 bridgehead atoms. The fourth-order valence-corrected chi connectivity index (χ4v) is 5.32. The van der Waals surface area contributed by atoms with Gasteiger partial charge >= 0.3 is 0 Å². The molecule has 2 unspecified atom stereocenters. The van der Waals surface area contributed by atoms with Crippen LogP contribution < -0.4 is 15.5 Å². The summed E-state index contributed by atoms with van der Waals surface area (Å²) in [5.74, 6) is 0.599. The summed E-state index contributed by atoms with van der Waals surface area (Å²) >= 11 is 4.78. The van der Waals surface area contributed by atoms with Crippen LogP contribution in [0.3, 0.4) is 0 Å². The summed E-state index contributed by atoms with van der Waals surface area (Å²) in [6.07, 6.45) is 1.68. The lowest BCUT2D eigenvalue weighted by Gasteiger charge is -2.30. The number of nitrogens with one attached hydrogen (secondary N) is 2. The van der Waals surface area contributed by atoms with Gasteiger partial charge in [0.2, 0.25) is 5.91 Å². The van der Waals surface area contributed by atoms with E-state index >= 15 is 0 Å². The predicted molar refractivity (Wildman–Crippen MR) is 138 cm³/mol. The van der Waals surface area contributed by atoms with Crippen LogP contribution in [0.1, 0.15) is 30.5 Å². The highest BCUT2D eigenvalue weighted by atomic mass is 79.9. The van der Waals surface area contributed by atoms with Crippen molar-refractivity contribution < 1.29 is 14.3 Å². The molecule has 180 valence electrons. The highest BCUT2D eigenvalue weighted by molar-refractivity contribution is 9.10. The fourth-order valence-electron chi connectivity index (χ4n) is 4.16. The first-order valence-corrected chi connectivity index (χ1v) is 12.7. The highest BCUT2D eigenvalue weighted by Crippen LogP contribution is 2.34. The Bertz CT molecular complexity index is 1240. The van der Waals surface area contributed by atoms with E-state index in [2.05, 4.69) is 31.8 Å². The number of carbonyl (C=O) groups is 2. The molecular formula is C24H23BrN6O3S. The minimum absolute atomic E-state index is 0.128. The van der Waals surface area contributed by atoms with E-state index in [0.29, 0.717) is 11.6 Å². The van der Waals surface area contributed by atoms with Gasteiger partial charge in [0, 0.05) is 22.7 Å². The molecule has 35 heavy (non-hydrogen) atoms. The number of fused-ring (bicyclic) bond motifs is 1. The van der Waals surface area contributed by atoms with E-state index in [1.807, 2.05) is 60.4 Å². The van der Waals surface area contributed by atoms with Gasteiger partial charge in [0.15, 0.2) is 11.5 Å². The third-order valence-corrected chi connectivity index (χ3v) is 7.38. The zero-order chi connectivity index (χ0) is 24.5. The van der Waals surface area contributed by atoms with E-state index in [1.165, 1.54) is 17.8 Å². The van der Waals surface area contributed by atoms with Crippen LogP contribution in [0.25, 0.3) is 0 Å². The maximum Gasteiger partial charge on any atom is 0.253 e. The first-order valence-electron chi connectivity index (χ1n) is 11.0. The first kappa shape index (κ1) is 23.4. The average molecular weight is 555 g/mol. The molecule has 2 aromatic rings. The third kappa shape index (κ3) is 4.78. The number of allylic oxidation sites excluding steroid dienone is 1. The Balaban J connectivity index is 1.35. The predicted octanol–water partition coefficient (Wildman–Crippen LogP) is 3.36. The molecular weight excluding hydrogens is 532 g/mol. The average Bonchev–Trinajstić information content (AvgIpc) is 3.48. The van der Waals surface area contributed by atoms with Crippen LogP contribution in [0.5, 0.6) is 5.75 Å². The second-order valence-electron chi connectivity index (χ2n) is 8.16. The Morgan fingerprint density at radius 2 is 1.94 bits per heavy atom. The third-order valence-electron chi connectivity index (χ3n) is 5.91. The molecule has 2 aromatic carbocycles. The number of hydrazone groups is 2. The molecule has 0 aliphatic carbocycles. The smallest absolute Gasteiger partial charge is 0.253 e. The number of rotatable bonds is 5. The number of methoxy groups -OCH3 is 1. The Hall–Kier alpha value is -3.31. The Kier molecular flexibility index (Phi) is 6.52. The van der Waals surface area contributed by atoms with Gasteiger partial charge in [0.05, 0.1) is 24.6 Å². The lowest BCUT2D eigenvalue weighted by atomic mass is 9.98. The highest BCUT2D eigenvalue weighted by Gasteiger charge is 2.36. The van der Waals surface area contributed by atoms with Crippen LogP contribution in [0.2, 0.25) is 0 Å². The fraction of sp³-hybridized carbons (Fsp3) is 0.250. The summed E-state index contributed by atoms with van der Waals surface area (Å²) in [6.45, 7) is 1.84. The summed E-state index contributed by atoms with van der Waals surface area (Å²) in [7, 11) is 1.63. The maximum absolute atomic E-state index is 13.4. The normalized spacial score (nSPS) is 21.0. The molecule has 2 atom stereocenters. The number of benzene rings is 2. The molecule has 11 heteroatoms. The zero-order valence-electron chi connectivity index (χ0n) is 19.1. The molecule has 0 aromatic heterocycles. The van der Waals surface area contributed by atoms with E-state index in [0.717, 1.165) is 32.8 Å². The van der Waals surface area contributed by atoms with E-state index < -0.39 is 6.29 Å². The molecule has 9 nitrogen and oxygen atoms in total. The molecule has 5 rings (SSSR count). The Morgan fingerprint density at radius 1 is 1.20 bits per heavy atom. The van der Waals surface area contributed by atoms with Crippen LogP contribution >= 0.6 is 27.7 Å². The van der Waals surface area contributed by atoms with E-state index in [1.54, 1.807) is 12.1 Å². The number of amides is 2. The number of halogens is 1. The van der Waals surface area contributed by atoms with Crippen LogP contribution in [0.4, 0.5) is 0 Å². The standard InChI is InChI=1S/C24H23BrN6O3S/c1-14-11-21(32)26-23-27-28-24(30(14)23)35-13-22(33)31-20(16-5-9-18(34-2)10-6-16)12-19(29-31)15-3-7-17(25)8-4-15/h3-11,20,23,27H,12-13H2,1-2H3,(H,26,32). The summed E-state index contributed by atoms with van der Waals surface area (Å²) in [5.41, 5.74) is 6.47. The second-order valence-corrected chi connectivity index (χ2v) is 10.0. The summed E-state index contributed by atoms with van der Waals surface area (Å²) < 4.78 is 6.28. The number of hydrogen-bond acceptors (Lipinski definition) is 8. The lowest BCUT2D eigenvalue weighted by molar-refractivity contribution is -0.130. The molecule has 3 heterocycles. The van der Waals surface area contributed by atoms with Gasteiger partial charge in [-0.2, -0.15) is 10.2 Å². The molecule has 3 aliphatic heterocycles. The number of thioether (sulfide) groups is 1. The van der Waals surface area contributed by atoms with Crippen molar-refractivity contribution in [3.63, 3.8) is 0 Å². The van der Waals surface area contributed by atoms with Crippen molar-refractivity contribution in [2.24, 2.45) is 10.2 Å². The van der Waals surface area contributed by atoms with Crippen LogP contribution in [0.15, 0.2) is 75.0 Å². The van der Waals surface area contributed by atoms with Crippen molar-refractivity contribution in [2.75, 3.05) is 12.9 Å². The summed E-state index contributed by atoms with van der Waals surface area (Å²) in [4.78, 5) is 27.0. The van der Waals surface area contributed by atoms with Crippen molar-refractivity contribution in [3.8, 4) is 5.75 Å². The number of hydrogen-bond donors (Lipinski definition) is 2. The van der Waals surface area contributed by atoms with Gasteiger partial charge in [-0.15, -0.1) is 0 Å². The molecule has 0 saturated heterocycles. The summed E-state index contributed by atoms with van der Waals surface area (Å²) in [5, 5.41) is 14.0. The second kappa shape index (κ2) is 9.74. The van der Waals surface area contributed by atoms with Crippen molar-refractivity contribution in [3.05, 3.63) is 75.9 Å². The largest absolute Gasteiger partial charge is 0.497 e. The summed E-state index contributed by atoms with van der Waals surface area (Å²) in [6, 6.07) is 15.4.